The number of rotatable bonds is 12. The number of isothiocyanates is 2. The predicted molar refractivity (Wildman–Crippen MR) is 229 cm³/mol. The molecule has 0 atom stereocenters. The second-order valence-corrected chi connectivity index (χ2v) is 11.4. The first kappa shape index (κ1) is 47.7. The normalized spacial score (nSPS) is 9.51. The maximum atomic E-state index is 7.13. The maximum absolute atomic E-state index is 7.13. The quantitative estimate of drug-likeness (QED) is 0.0645. The van der Waals surface area contributed by atoms with E-state index in [1.807, 2.05) is 110 Å². The molecule has 16 nitrogen and oxygen atoms in total. The minimum Gasteiger partial charge on any atom is -0.753 e. The van der Waals surface area contributed by atoms with Gasteiger partial charge in [-0.1, -0.05) is 48.7 Å². The van der Waals surface area contributed by atoms with E-state index in [9.17, 15) is 0 Å². The molecule has 0 spiro atoms. The van der Waals surface area contributed by atoms with E-state index >= 15 is 0 Å². The number of halogens is 2. The third-order valence-electron chi connectivity index (χ3n) is 7.18. The van der Waals surface area contributed by atoms with Crippen LogP contribution in [0.4, 0.5) is 47.1 Å². The third kappa shape index (κ3) is 14.5. The first-order valence-corrected chi connectivity index (χ1v) is 18.5. The predicted octanol–water partition coefficient (Wildman–Crippen LogP) is 8.58. The van der Waals surface area contributed by atoms with Crippen LogP contribution in [0.5, 0.6) is 0 Å². The summed E-state index contributed by atoms with van der Waals surface area (Å²) in [4.78, 5) is 51.4. The van der Waals surface area contributed by atoms with Crippen LogP contribution < -0.4 is 19.6 Å². The van der Waals surface area contributed by atoms with Crippen LogP contribution in [0.15, 0.2) is 97.6 Å². The first-order chi connectivity index (χ1) is 27.3. The molecule has 6 rings (SSSR count). The third-order valence-corrected chi connectivity index (χ3v) is 7.51. The molecule has 0 aliphatic carbocycles. The summed E-state index contributed by atoms with van der Waals surface area (Å²) in [7, 11) is 0. The van der Waals surface area contributed by atoms with Crippen molar-refractivity contribution in [3.05, 3.63) is 119 Å². The average molecular weight is 884 g/mol. The zero-order chi connectivity index (χ0) is 40.7. The van der Waals surface area contributed by atoms with Gasteiger partial charge in [-0.2, -0.15) is 40.2 Å². The van der Waals surface area contributed by atoms with Gasteiger partial charge in [0.05, 0.1) is 0 Å². The standard InChI is InChI=1S/2C17H18ClN7.2CNS.Fe/c2*1-3-24(4-2)16-21-15(18)22-17(23-16)25(13-9-5-7-11-19-13)14-10-6-8-12-20-14;2*2-1-3;/h2*5-12H,3-4H2,1-2H3;;;/q;;2*-1;+2. The summed E-state index contributed by atoms with van der Waals surface area (Å²) in [5.74, 6) is 4.39. The number of thiocarbonyl (C=S) groups is 2. The summed E-state index contributed by atoms with van der Waals surface area (Å²) in [6, 6.07) is 22.4. The fourth-order valence-corrected chi connectivity index (χ4v) is 5.05. The number of nitrogens with zero attached hydrogens (tertiary/aromatic N) is 16. The largest absolute Gasteiger partial charge is 2.00 e. The van der Waals surface area contributed by atoms with Crippen molar-refractivity contribution in [3.63, 3.8) is 0 Å². The fraction of sp³-hybridized carbons (Fsp3) is 0.222. The molecule has 6 aromatic heterocycles. The van der Waals surface area contributed by atoms with E-state index in [0.717, 1.165) is 26.2 Å². The molecule has 0 aromatic carbocycles. The Morgan fingerprint density at radius 1 is 0.474 bits per heavy atom. The van der Waals surface area contributed by atoms with Gasteiger partial charge in [0.2, 0.25) is 34.4 Å². The first-order valence-electron chi connectivity index (χ1n) is 16.9. The molecule has 6 aromatic rings. The van der Waals surface area contributed by atoms with E-state index < -0.39 is 0 Å². The Hall–Kier alpha value is -5.48. The minimum absolute atomic E-state index is 0. The van der Waals surface area contributed by atoms with E-state index in [-0.39, 0.29) is 27.6 Å². The maximum Gasteiger partial charge on any atom is 2.00 e. The second kappa shape index (κ2) is 26.4. The van der Waals surface area contributed by atoms with Gasteiger partial charge in [-0.3, -0.25) is 0 Å². The Labute approximate surface area is 362 Å². The Balaban J connectivity index is 0.000000341. The van der Waals surface area contributed by atoms with Gasteiger partial charge in [0.1, 0.15) is 23.3 Å². The summed E-state index contributed by atoms with van der Waals surface area (Å²) < 4.78 is 0. The number of hydrogen-bond acceptors (Lipinski definition) is 16. The average Bonchev–Trinajstić information content (AvgIpc) is 3.21. The summed E-state index contributed by atoms with van der Waals surface area (Å²) in [6.07, 6.45) is 6.83. The van der Waals surface area contributed by atoms with Crippen LogP contribution >= 0.6 is 47.6 Å². The van der Waals surface area contributed by atoms with E-state index in [0.29, 0.717) is 47.1 Å². The van der Waals surface area contributed by atoms with E-state index in [1.54, 1.807) is 34.6 Å². The second-order valence-electron chi connectivity index (χ2n) is 10.4. The topological polar surface area (TPSA) is 186 Å². The van der Waals surface area contributed by atoms with Crippen molar-refractivity contribution in [3.8, 4) is 0 Å². The SMILES string of the molecule is CCN(CC)c1nc(Cl)nc(N(c2ccccn2)c2ccccn2)n1.CCN(CC)c1nc(Cl)nc(N(c2ccccn2)c2ccccn2)n1.[Fe+2].[N-]=C=S.[N-]=C=S. The van der Waals surface area contributed by atoms with Crippen LogP contribution in [0.2, 0.25) is 10.6 Å². The molecule has 21 heteroatoms. The van der Waals surface area contributed by atoms with Gasteiger partial charge >= 0.3 is 17.1 Å². The molecule has 0 radical (unpaired) electrons. The van der Waals surface area contributed by atoms with Crippen LogP contribution in [0, 0.1) is 0 Å². The van der Waals surface area contributed by atoms with Crippen LogP contribution in [-0.2, 0) is 17.1 Å². The van der Waals surface area contributed by atoms with Crippen molar-refractivity contribution in [2.45, 2.75) is 27.7 Å². The van der Waals surface area contributed by atoms with Gasteiger partial charge in [0.25, 0.3) is 0 Å². The van der Waals surface area contributed by atoms with E-state index in [1.165, 1.54) is 10.3 Å². The van der Waals surface area contributed by atoms with Crippen LogP contribution in [0.1, 0.15) is 27.7 Å². The van der Waals surface area contributed by atoms with Gasteiger partial charge in [-0.25, -0.2) is 29.7 Å². The minimum atomic E-state index is 0. The molecule has 0 saturated heterocycles. The Morgan fingerprint density at radius 2 is 0.719 bits per heavy atom. The van der Waals surface area contributed by atoms with Crippen molar-refractivity contribution in [1.29, 1.82) is 0 Å². The molecule has 0 saturated carbocycles. The van der Waals surface area contributed by atoms with Gasteiger partial charge in [0.15, 0.2) is 0 Å². The smallest absolute Gasteiger partial charge is 0.753 e. The molecule has 0 aliphatic rings. The van der Waals surface area contributed by atoms with E-state index in [2.05, 4.69) is 74.3 Å². The van der Waals surface area contributed by atoms with Crippen molar-refractivity contribution in [2.24, 2.45) is 0 Å². The van der Waals surface area contributed by atoms with Gasteiger partial charge in [-0.15, -0.1) is 0 Å². The Kier molecular flexibility index (Phi) is 22.1. The zero-order valence-electron chi connectivity index (χ0n) is 31.1. The molecule has 0 bridgehead atoms. The summed E-state index contributed by atoms with van der Waals surface area (Å²) >= 11 is 19.7. The molecule has 0 amide bonds. The molecule has 0 aliphatic heterocycles. The van der Waals surface area contributed by atoms with Crippen LogP contribution in [0.25, 0.3) is 10.8 Å². The van der Waals surface area contributed by atoms with Gasteiger partial charge in [-0.05, 0) is 99.4 Å². The number of aromatic nitrogens is 10. The zero-order valence-corrected chi connectivity index (χ0v) is 35.4. The van der Waals surface area contributed by atoms with Crippen molar-refractivity contribution in [1.82, 2.24) is 49.8 Å². The van der Waals surface area contributed by atoms with E-state index in [4.69, 9.17) is 34.0 Å². The molecule has 294 valence electrons. The molecule has 0 N–H and O–H groups in total. The van der Waals surface area contributed by atoms with Crippen molar-refractivity contribution in [2.75, 3.05) is 45.8 Å². The van der Waals surface area contributed by atoms with Crippen molar-refractivity contribution >= 4 is 105 Å². The Morgan fingerprint density at radius 3 is 0.930 bits per heavy atom. The summed E-state index contributed by atoms with van der Waals surface area (Å²) in [5, 5.41) is 17.2. The Bertz CT molecular complexity index is 1880. The van der Waals surface area contributed by atoms with Gasteiger partial charge < -0.3 is 20.6 Å². The molecular formula is C36H36Cl2FeN16S2. The van der Waals surface area contributed by atoms with Gasteiger partial charge in [0, 0.05) is 51.0 Å². The molecule has 57 heavy (non-hydrogen) atoms. The van der Waals surface area contributed by atoms with Crippen molar-refractivity contribution < 1.29 is 17.1 Å². The monoisotopic (exact) mass is 882 g/mol. The molecule has 6 heterocycles. The fourth-order valence-electron chi connectivity index (χ4n) is 4.74. The van der Waals surface area contributed by atoms with Crippen LogP contribution in [0.3, 0.4) is 0 Å². The summed E-state index contributed by atoms with van der Waals surface area (Å²) in [6.45, 7) is 11.2. The molecular weight excluding hydrogens is 847 g/mol. The number of hydrogen-bond donors (Lipinski definition) is 0. The molecule has 0 unspecified atom stereocenters. The number of anilines is 8. The molecule has 0 fully saturated rings. The summed E-state index contributed by atoms with van der Waals surface area (Å²) in [5.41, 5.74) is 0. The number of pyridine rings is 4. The van der Waals surface area contributed by atoms with Crippen LogP contribution in [-0.4, -0.2) is 86.3 Å².